The zero-order valence-corrected chi connectivity index (χ0v) is 10.2. The lowest BCUT2D eigenvalue weighted by atomic mass is 9.84. The monoisotopic (exact) mass is 231 g/mol. The van der Waals surface area contributed by atoms with Crippen molar-refractivity contribution in [2.75, 3.05) is 7.11 Å². The minimum Gasteiger partial charge on any atom is -0.453 e. The summed E-state index contributed by atoms with van der Waals surface area (Å²) in [7, 11) is 1.39. The van der Waals surface area contributed by atoms with Crippen molar-refractivity contribution in [3.63, 3.8) is 0 Å². The number of nitrogens with one attached hydrogen (secondary N) is 1. The standard InChI is InChI=1S/C14H17NO2/c1-10-3-5-11(6-4-10)9-12-7-8-13(12)15-14(16)17-2/h3-6,9,13H,7-8H2,1-2H3,(H,15,16)/b12-9-. The fourth-order valence-corrected chi connectivity index (χ4v) is 1.87. The van der Waals surface area contributed by atoms with Crippen molar-refractivity contribution >= 4 is 12.2 Å². The Labute approximate surface area is 101 Å². The molecule has 0 heterocycles. The highest BCUT2D eigenvalue weighted by molar-refractivity contribution is 5.69. The average Bonchev–Trinajstić information content (AvgIpc) is 2.33. The normalized spacial score (nSPS) is 20.8. The van der Waals surface area contributed by atoms with Crippen LogP contribution in [0, 0.1) is 6.92 Å². The van der Waals surface area contributed by atoms with Gasteiger partial charge in [0.05, 0.1) is 13.2 Å². The number of benzene rings is 1. The van der Waals surface area contributed by atoms with E-state index >= 15 is 0 Å². The predicted octanol–water partition coefficient (Wildman–Crippen LogP) is 2.90. The van der Waals surface area contributed by atoms with Crippen LogP contribution >= 0.6 is 0 Å². The van der Waals surface area contributed by atoms with E-state index in [0.29, 0.717) is 0 Å². The van der Waals surface area contributed by atoms with E-state index in [0.717, 1.165) is 12.8 Å². The van der Waals surface area contributed by atoms with E-state index in [-0.39, 0.29) is 12.1 Å². The van der Waals surface area contributed by atoms with Crippen LogP contribution < -0.4 is 5.32 Å². The van der Waals surface area contributed by atoms with Gasteiger partial charge in [-0.25, -0.2) is 4.79 Å². The molecule has 0 aliphatic heterocycles. The van der Waals surface area contributed by atoms with Crippen molar-refractivity contribution in [1.29, 1.82) is 0 Å². The molecule has 1 N–H and O–H groups in total. The number of carbonyl (C=O) groups excluding carboxylic acids is 1. The zero-order valence-electron chi connectivity index (χ0n) is 10.2. The van der Waals surface area contributed by atoms with Gasteiger partial charge in [-0.1, -0.05) is 35.9 Å². The van der Waals surface area contributed by atoms with Crippen LogP contribution in [0.3, 0.4) is 0 Å². The molecule has 1 atom stereocenters. The Kier molecular flexibility index (Phi) is 3.47. The van der Waals surface area contributed by atoms with Gasteiger partial charge >= 0.3 is 6.09 Å². The van der Waals surface area contributed by atoms with Crippen molar-refractivity contribution in [3.8, 4) is 0 Å². The zero-order chi connectivity index (χ0) is 12.3. The van der Waals surface area contributed by atoms with Crippen LogP contribution in [0.5, 0.6) is 0 Å². The molecule has 17 heavy (non-hydrogen) atoms. The molecule has 90 valence electrons. The van der Waals surface area contributed by atoms with Gasteiger partial charge in [0.25, 0.3) is 0 Å². The minimum absolute atomic E-state index is 0.142. The second kappa shape index (κ2) is 5.04. The fourth-order valence-electron chi connectivity index (χ4n) is 1.87. The summed E-state index contributed by atoms with van der Waals surface area (Å²) in [6, 6.07) is 8.51. The summed E-state index contributed by atoms with van der Waals surface area (Å²) in [6.07, 6.45) is 3.82. The van der Waals surface area contributed by atoms with Gasteiger partial charge < -0.3 is 10.1 Å². The van der Waals surface area contributed by atoms with E-state index in [9.17, 15) is 4.79 Å². The SMILES string of the molecule is COC(=O)NC1CC/C1=C/c1ccc(C)cc1. The highest BCUT2D eigenvalue weighted by Crippen LogP contribution is 2.28. The molecule has 2 rings (SSSR count). The van der Waals surface area contributed by atoms with Gasteiger partial charge in [-0.05, 0) is 30.9 Å². The summed E-state index contributed by atoms with van der Waals surface area (Å²) in [5.41, 5.74) is 3.70. The van der Waals surface area contributed by atoms with Crippen molar-refractivity contribution in [1.82, 2.24) is 5.32 Å². The Morgan fingerprint density at radius 1 is 1.41 bits per heavy atom. The van der Waals surface area contributed by atoms with Crippen LogP contribution in [0.25, 0.3) is 6.08 Å². The first-order valence-electron chi connectivity index (χ1n) is 5.80. The van der Waals surface area contributed by atoms with E-state index in [4.69, 9.17) is 0 Å². The van der Waals surface area contributed by atoms with E-state index in [2.05, 4.69) is 47.3 Å². The van der Waals surface area contributed by atoms with Crippen LogP contribution in [0.15, 0.2) is 29.8 Å². The molecule has 1 aromatic carbocycles. The quantitative estimate of drug-likeness (QED) is 0.850. The van der Waals surface area contributed by atoms with E-state index < -0.39 is 0 Å². The lowest BCUT2D eigenvalue weighted by Gasteiger charge is -2.30. The molecule has 1 aliphatic rings. The third kappa shape index (κ3) is 2.87. The fraction of sp³-hybridized carbons (Fsp3) is 0.357. The molecule has 1 unspecified atom stereocenters. The Hall–Kier alpha value is -1.77. The number of methoxy groups -OCH3 is 1. The molecule has 0 aromatic heterocycles. The van der Waals surface area contributed by atoms with E-state index in [1.54, 1.807) is 0 Å². The van der Waals surface area contributed by atoms with Crippen molar-refractivity contribution in [3.05, 3.63) is 41.0 Å². The second-order valence-corrected chi connectivity index (χ2v) is 4.36. The summed E-state index contributed by atoms with van der Waals surface area (Å²) < 4.78 is 4.59. The summed E-state index contributed by atoms with van der Waals surface area (Å²) in [4.78, 5) is 11.1. The molecule has 3 nitrogen and oxygen atoms in total. The van der Waals surface area contributed by atoms with Gasteiger partial charge in [0.1, 0.15) is 0 Å². The Morgan fingerprint density at radius 3 is 2.65 bits per heavy atom. The molecule has 1 amide bonds. The lowest BCUT2D eigenvalue weighted by Crippen LogP contribution is -2.41. The maximum atomic E-state index is 11.1. The molecule has 1 fully saturated rings. The molecule has 0 saturated heterocycles. The van der Waals surface area contributed by atoms with E-state index in [1.807, 2.05) is 0 Å². The first-order chi connectivity index (χ1) is 8.19. The molecule has 0 bridgehead atoms. The highest BCUT2D eigenvalue weighted by Gasteiger charge is 2.25. The topological polar surface area (TPSA) is 38.3 Å². The van der Waals surface area contributed by atoms with Gasteiger partial charge in [-0.15, -0.1) is 0 Å². The molecular formula is C14H17NO2. The molecule has 1 aromatic rings. The minimum atomic E-state index is -0.357. The van der Waals surface area contributed by atoms with Crippen LogP contribution in [0.4, 0.5) is 4.79 Å². The largest absolute Gasteiger partial charge is 0.453 e. The summed E-state index contributed by atoms with van der Waals surface area (Å²) in [6.45, 7) is 2.07. The summed E-state index contributed by atoms with van der Waals surface area (Å²) in [5.74, 6) is 0. The smallest absolute Gasteiger partial charge is 0.407 e. The van der Waals surface area contributed by atoms with Crippen LogP contribution in [-0.2, 0) is 4.74 Å². The summed E-state index contributed by atoms with van der Waals surface area (Å²) >= 11 is 0. The maximum Gasteiger partial charge on any atom is 0.407 e. The Bertz CT molecular complexity index is 434. The lowest BCUT2D eigenvalue weighted by molar-refractivity contribution is 0.165. The third-order valence-electron chi connectivity index (χ3n) is 3.08. The van der Waals surface area contributed by atoms with Crippen LogP contribution in [0.2, 0.25) is 0 Å². The molecule has 0 radical (unpaired) electrons. The number of carbonyl (C=O) groups is 1. The van der Waals surface area contributed by atoms with Gasteiger partial charge in [0, 0.05) is 0 Å². The van der Waals surface area contributed by atoms with Crippen LogP contribution in [-0.4, -0.2) is 19.2 Å². The first kappa shape index (κ1) is 11.7. The number of hydrogen-bond acceptors (Lipinski definition) is 2. The number of hydrogen-bond donors (Lipinski definition) is 1. The van der Waals surface area contributed by atoms with Gasteiger partial charge in [-0.3, -0.25) is 0 Å². The Balaban J connectivity index is 2.02. The highest BCUT2D eigenvalue weighted by atomic mass is 16.5. The Morgan fingerprint density at radius 2 is 2.12 bits per heavy atom. The van der Waals surface area contributed by atoms with Crippen molar-refractivity contribution < 1.29 is 9.53 Å². The van der Waals surface area contributed by atoms with Gasteiger partial charge in [0.15, 0.2) is 0 Å². The van der Waals surface area contributed by atoms with Gasteiger partial charge in [-0.2, -0.15) is 0 Å². The van der Waals surface area contributed by atoms with Gasteiger partial charge in [0.2, 0.25) is 0 Å². The number of alkyl carbamates (subject to hydrolysis) is 1. The second-order valence-electron chi connectivity index (χ2n) is 4.36. The molecule has 0 spiro atoms. The molecule has 1 saturated carbocycles. The molecule has 1 aliphatic carbocycles. The molecular weight excluding hydrogens is 214 g/mol. The number of ether oxygens (including phenoxy) is 1. The average molecular weight is 231 g/mol. The first-order valence-corrected chi connectivity index (χ1v) is 5.80. The van der Waals surface area contributed by atoms with Crippen molar-refractivity contribution in [2.45, 2.75) is 25.8 Å². The maximum absolute atomic E-state index is 11.1. The summed E-state index contributed by atoms with van der Waals surface area (Å²) in [5, 5.41) is 2.82. The third-order valence-corrected chi connectivity index (χ3v) is 3.08. The molecule has 3 heteroatoms. The number of amides is 1. The predicted molar refractivity (Wildman–Crippen MR) is 67.7 cm³/mol. The van der Waals surface area contributed by atoms with Crippen LogP contribution in [0.1, 0.15) is 24.0 Å². The number of aryl methyl sites for hydroxylation is 1. The van der Waals surface area contributed by atoms with Crippen molar-refractivity contribution in [2.24, 2.45) is 0 Å². The number of rotatable bonds is 2. The van der Waals surface area contributed by atoms with E-state index in [1.165, 1.54) is 23.8 Å².